The lowest BCUT2D eigenvalue weighted by Gasteiger charge is -2.30. The van der Waals surface area contributed by atoms with Gasteiger partial charge in [0, 0.05) is 30.4 Å². The summed E-state index contributed by atoms with van der Waals surface area (Å²) < 4.78 is 4.92. The maximum atomic E-state index is 11.4. The molecule has 0 fully saturated rings. The number of benzene rings is 2. The Kier molecular flexibility index (Phi) is 5.55. The van der Waals surface area contributed by atoms with Crippen LogP contribution in [0.3, 0.4) is 0 Å². The smallest absolute Gasteiger partial charge is 0.395 e. The van der Waals surface area contributed by atoms with Gasteiger partial charge in [-0.25, -0.2) is 0 Å². The molecule has 0 bridgehead atoms. The average Bonchev–Trinajstić information content (AvgIpc) is 3.17. The van der Waals surface area contributed by atoms with Crippen molar-refractivity contribution in [3.05, 3.63) is 77.1 Å². The molecule has 3 N–H and O–H groups in total. The molecule has 1 unspecified atom stereocenters. The first-order valence-electron chi connectivity index (χ1n) is 7.79. The number of halogens is 1. The Bertz CT molecular complexity index is 794. The molecule has 5 nitrogen and oxygen atoms in total. The third-order valence-corrected chi connectivity index (χ3v) is 4.33. The molecule has 7 heteroatoms. The van der Waals surface area contributed by atoms with Gasteiger partial charge in [-0.2, -0.15) is 5.10 Å². The van der Waals surface area contributed by atoms with E-state index in [0.29, 0.717) is 5.02 Å². The Balaban J connectivity index is 1.94. The van der Waals surface area contributed by atoms with Crippen molar-refractivity contribution >= 4 is 19.2 Å². The molecule has 0 spiro atoms. The first-order valence-corrected chi connectivity index (χ1v) is 8.17. The van der Waals surface area contributed by atoms with E-state index in [1.807, 2.05) is 42.6 Å². The van der Waals surface area contributed by atoms with Crippen LogP contribution in [0.5, 0.6) is 0 Å². The minimum absolute atomic E-state index is 0.257. The molecule has 1 heterocycles. The number of aromatic nitrogens is 2. The summed E-state index contributed by atoms with van der Waals surface area (Å²) in [5, 5.41) is 21.8. The lowest BCUT2D eigenvalue weighted by atomic mass is 9.85. The van der Waals surface area contributed by atoms with Crippen LogP contribution in [0.15, 0.2) is 60.9 Å². The fraction of sp³-hybridized carbons (Fsp3) is 0.167. The zero-order chi connectivity index (χ0) is 17.7. The highest BCUT2D eigenvalue weighted by atomic mass is 35.5. The van der Waals surface area contributed by atoms with Crippen LogP contribution >= 0.6 is 11.6 Å². The van der Waals surface area contributed by atoms with Gasteiger partial charge in [0.1, 0.15) is 5.60 Å². The zero-order valence-electron chi connectivity index (χ0n) is 13.7. The van der Waals surface area contributed by atoms with Crippen LogP contribution in [-0.4, -0.2) is 36.6 Å². The number of nitrogens with zero attached hydrogens (tertiary/aromatic N) is 1. The van der Waals surface area contributed by atoms with Crippen LogP contribution in [0, 0.1) is 0 Å². The van der Waals surface area contributed by atoms with Crippen molar-refractivity contribution in [1.82, 2.24) is 15.4 Å². The zero-order valence-corrected chi connectivity index (χ0v) is 14.5. The van der Waals surface area contributed by atoms with Gasteiger partial charge in [0.05, 0.1) is 6.20 Å². The summed E-state index contributed by atoms with van der Waals surface area (Å²) in [6.45, 7) is 0.257. The van der Waals surface area contributed by atoms with E-state index in [2.05, 4.69) is 15.4 Å². The third kappa shape index (κ3) is 3.94. The Morgan fingerprint density at radius 1 is 1.12 bits per heavy atom. The average molecular weight is 355 g/mol. The van der Waals surface area contributed by atoms with Crippen LogP contribution < -0.4 is 5.23 Å². The van der Waals surface area contributed by atoms with E-state index in [4.69, 9.17) is 16.3 Å². The number of nitrogens with one attached hydrogen (secondary N) is 2. The van der Waals surface area contributed by atoms with Crippen LogP contribution in [0.2, 0.25) is 5.02 Å². The van der Waals surface area contributed by atoms with E-state index >= 15 is 0 Å². The molecule has 1 radical (unpaired) electrons. The summed E-state index contributed by atoms with van der Waals surface area (Å²) in [4.78, 5) is 0. The van der Waals surface area contributed by atoms with Gasteiger partial charge in [-0.15, -0.1) is 0 Å². The van der Waals surface area contributed by atoms with Crippen molar-refractivity contribution in [3.63, 3.8) is 0 Å². The molecular formula is C18H18BClN3O2. The minimum Gasteiger partial charge on any atom is -0.427 e. The van der Waals surface area contributed by atoms with Gasteiger partial charge in [0.2, 0.25) is 0 Å². The van der Waals surface area contributed by atoms with Gasteiger partial charge in [-0.1, -0.05) is 48.0 Å². The summed E-state index contributed by atoms with van der Waals surface area (Å²) >= 11 is 5.98. The molecule has 0 aliphatic heterocycles. The van der Waals surface area contributed by atoms with Gasteiger partial charge in [-0.3, -0.25) is 5.10 Å². The molecule has 0 aliphatic rings. The highest BCUT2D eigenvalue weighted by Crippen LogP contribution is 2.31. The monoisotopic (exact) mass is 354 g/mol. The predicted molar refractivity (Wildman–Crippen MR) is 99.2 cm³/mol. The number of hydrogen-bond donors (Lipinski definition) is 3. The second kappa shape index (κ2) is 7.84. The molecule has 3 rings (SSSR count). The molecule has 0 aliphatic carbocycles. The molecule has 0 saturated heterocycles. The summed E-state index contributed by atoms with van der Waals surface area (Å²) in [6, 6.07) is 14.9. The van der Waals surface area contributed by atoms with Crippen LogP contribution in [0.25, 0.3) is 11.1 Å². The lowest BCUT2D eigenvalue weighted by molar-refractivity contribution is 0.0849. The molecule has 1 aromatic heterocycles. The molecule has 2 aromatic carbocycles. The Morgan fingerprint density at radius 2 is 1.76 bits per heavy atom. The third-order valence-electron chi connectivity index (χ3n) is 4.07. The molecular weight excluding hydrogens is 336 g/mol. The number of hydrogen-bond acceptors (Lipinski definition) is 4. The standard InChI is InChI=1S/C18H18BClN3O2/c1-25-19-21-12-18(24,16-6-8-17(20)9-7-16)15-4-2-13(3-5-15)14-10-22-23-11-14/h2-11,21,24H,12H2,1H3,(H,22,23). The molecule has 3 aromatic rings. The van der Waals surface area contributed by atoms with Crippen LogP contribution in [0.1, 0.15) is 11.1 Å². The van der Waals surface area contributed by atoms with Crippen LogP contribution in [0.4, 0.5) is 0 Å². The van der Waals surface area contributed by atoms with Crippen molar-refractivity contribution in [2.45, 2.75) is 5.60 Å². The maximum Gasteiger partial charge on any atom is 0.395 e. The van der Waals surface area contributed by atoms with E-state index in [1.54, 1.807) is 25.4 Å². The molecule has 25 heavy (non-hydrogen) atoms. The Hall–Kier alpha value is -2.12. The van der Waals surface area contributed by atoms with E-state index in [0.717, 1.165) is 22.3 Å². The highest BCUT2D eigenvalue weighted by Gasteiger charge is 2.31. The first kappa shape index (κ1) is 17.7. The van der Waals surface area contributed by atoms with Gasteiger partial charge in [0.25, 0.3) is 0 Å². The fourth-order valence-electron chi connectivity index (χ4n) is 2.72. The van der Waals surface area contributed by atoms with Gasteiger partial charge >= 0.3 is 7.62 Å². The molecule has 127 valence electrons. The van der Waals surface area contributed by atoms with Gasteiger partial charge in [-0.05, 0) is 28.8 Å². The number of aliphatic hydroxyl groups is 1. The quantitative estimate of drug-likeness (QED) is 0.451. The van der Waals surface area contributed by atoms with Gasteiger partial charge < -0.3 is 15.0 Å². The lowest BCUT2D eigenvalue weighted by Crippen LogP contribution is -2.41. The van der Waals surface area contributed by atoms with Crippen LogP contribution in [-0.2, 0) is 10.3 Å². The number of H-pyrrole nitrogens is 1. The number of rotatable bonds is 7. The minimum atomic E-state index is -1.23. The SMILES string of the molecule is CO[B]NCC(O)(c1ccc(Cl)cc1)c1ccc(-c2cn[nH]c2)cc1. The normalized spacial score (nSPS) is 13.4. The first-order chi connectivity index (χ1) is 12.1. The van der Waals surface area contributed by atoms with Crippen molar-refractivity contribution in [1.29, 1.82) is 0 Å². The van der Waals surface area contributed by atoms with Crippen molar-refractivity contribution in [3.8, 4) is 11.1 Å². The Morgan fingerprint density at radius 3 is 2.32 bits per heavy atom. The summed E-state index contributed by atoms with van der Waals surface area (Å²) in [5.41, 5.74) is 2.29. The second-order valence-electron chi connectivity index (χ2n) is 5.67. The predicted octanol–water partition coefficient (Wildman–Crippen LogP) is 2.74. The van der Waals surface area contributed by atoms with E-state index < -0.39 is 5.60 Å². The summed E-state index contributed by atoms with van der Waals surface area (Å²) in [6.07, 6.45) is 3.59. The van der Waals surface area contributed by atoms with Crippen molar-refractivity contribution < 1.29 is 9.76 Å². The largest absolute Gasteiger partial charge is 0.427 e. The summed E-state index contributed by atoms with van der Waals surface area (Å²) in [5.74, 6) is 0. The summed E-state index contributed by atoms with van der Waals surface area (Å²) in [7, 11) is 2.99. The fourth-order valence-corrected chi connectivity index (χ4v) is 2.84. The van der Waals surface area contributed by atoms with E-state index in [1.165, 1.54) is 7.62 Å². The molecule has 0 amide bonds. The topological polar surface area (TPSA) is 70.2 Å². The molecule has 0 saturated carbocycles. The van der Waals surface area contributed by atoms with E-state index in [-0.39, 0.29) is 6.54 Å². The van der Waals surface area contributed by atoms with Gasteiger partial charge in [0.15, 0.2) is 0 Å². The number of aromatic amines is 1. The maximum absolute atomic E-state index is 11.4. The second-order valence-corrected chi connectivity index (χ2v) is 6.10. The Labute approximate surface area is 152 Å². The molecule has 1 atom stereocenters. The van der Waals surface area contributed by atoms with E-state index in [9.17, 15) is 5.11 Å². The van der Waals surface area contributed by atoms with Crippen molar-refractivity contribution in [2.24, 2.45) is 0 Å². The highest BCUT2D eigenvalue weighted by molar-refractivity contribution is 6.30. The van der Waals surface area contributed by atoms with Crippen molar-refractivity contribution in [2.75, 3.05) is 13.7 Å².